The van der Waals surface area contributed by atoms with Crippen molar-refractivity contribution in [3.63, 3.8) is 0 Å². The highest BCUT2D eigenvalue weighted by Crippen LogP contribution is 2.22. The molecule has 0 amide bonds. The average molecular weight is 324 g/mol. The van der Waals surface area contributed by atoms with Gasteiger partial charge >= 0.3 is 0 Å². The van der Waals surface area contributed by atoms with Crippen LogP contribution in [0.5, 0.6) is 5.75 Å². The number of nitrogens with zero attached hydrogens (tertiary/aromatic N) is 2. The summed E-state index contributed by atoms with van der Waals surface area (Å²) in [6, 6.07) is 7.70. The maximum Gasteiger partial charge on any atom is 0.226 e. The maximum absolute atomic E-state index is 5.36. The summed E-state index contributed by atoms with van der Waals surface area (Å²) in [5.41, 5.74) is 0.952. The number of hydrogen-bond acceptors (Lipinski definition) is 5. The highest BCUT2D eigenvalue weighted by molar-refractivity contribution is 5.85. The van der Waals surface area contributed by atoms with E-state index in [2.05, 4.69) is 15.5 Å². The zero-order chi connectivity index (χ0) is 14.5. The number of halogens is 1. The first-order valence-corrected chi connectivity index (χ1v) is 7.53. The van der Waals surface area contributed by atoms with E-state index in [4.69, 9.17) is 9.26 Å². The SMILES string of the molecule is COc1ccc(-c2noc(CCC3CCNCC3)n2)cc1.Cl. The summed E-state index contributed by atoms with van der Waals surface area (Å²) in [6.45, 7) is 2.26. The summed E-state index contributed by atoms with van der Waals surface area (Å²) in [5.74, 6) is 2.99. The van der Waals surface area contributed by atoms with Crippen molar-refractivity contribution in [1.82, 2.24) is 15.5 Å². The Morgan fingerprint density at radius 3 is 2.64 bits per heavy atom. The second-order valence-electron chi connectivity index (χ2n) is 5.47. The molecule has 22 heavy (non-hydrogen) atoms. The lowest BCUT2D eigenvalue weighted by atomic mass is 9.93. The Bertz CT molecular complexity index is 565. The number of ether oxygens (including phenoxy) is 1. The Kier molecular flexibility index (Phi) is 6.21. The number of nitrogens with one attached hydrogen (secondary N) is 1. The van der Waals surface area contributed by atoms with Gasteiger partial charge in [-0.15, -0.1) is 12.4 Å². The number of hydrogen-bond donors (Lipinski definition) is 1. The Labute approximate surface area is 136 Å². The van der Waals surface area contributed by atoms with Gasteiger partial charge in [-0.1, -0.05) is 5.16 Å². The van der Waals surface area contributed by atoms with E-state index >= 15 is 0 Å². The van der Waals surface area contributed by atoms with Crippen LogP contribution in [0.2, 0.25) is 0 Å². The van der Waals surface area contributed by atoms with Crippen molar-refractivity contribution < 1.29 is 9.26 Å². The van der Waals surface area contributed by atoms with Crippen molar-refractivity contribution in [1.29, 1.82) is 0 Å². The molecule has 5 nitrogen and oxygen atoms in total. The van der Waals surface area contributed by atoms with Crippen LogP contribution in [0.15, 0.2) is 28.8 Å². The van der Waals surface area contributed by atoms with Gasteiger partial charge in [-0.2, -0.15) is 4.98 Å². The summed E-state index contributed by atoms with van der Waals surface area (Å²) < 4.78 is 10.5. The van der Waals surface area contributed by atoms with E-state index in [-0.39, 0.29) is 12.4 Å². The molecule has 3 rings (SSSR count). The number of aryl methyl sites for hydroxylation is 1. The quantitative estimate of drug-likeness (QED) is 0.916. The van der Waals surface area contributed by atoms with Gasteiger partial charge < -0.3 is 14.6 Å². The number of aromatic nitrogens is 2. The molecule has 2 aromatic rings. The van der Waals surface area contributed by atoms with Gasteiger partial charge in [-0.05, 0) is 62.5 Å². The minimum Gasteiger partial charge on any atom is -0.497 e. The topological polar surface area (TPSA) is 60.2 Å². The Morgan fingerprint density at radius 2 is 1.95 bits per heavy atom. The molecule has 1 aliphatic rings. The Morgan fingerprint density at radius 1 is 1.23 bits per heavy atom. The highest BCUT2D eigenvalue weighted by Gasteiger charge is 2.15. The first kappa shape index (κ1) is 16.8. The van der Waals surface area contributed by atoms with E-state index < -0.39 is 0 Å². The van der Waals surface area contributed by atoms with Crippen LogP contribution >= 0.6 is 12.4 Å². The lowest BCUT2D eigenvalue weighted by Gasteiger charge is -2.21. The molecule has 0 aliphatic carbocycles. The fourth-order valence-electron chi connectivity index (χ4n) is 2.71. The van der Waals surface area contributed by atoms with Crippen molar-refractivity contribution in [3.8, 4) is 17.1 Å². The Balaban J connectivity index is 0.00000176. The average Bonchev–Trinajstić information content (AvgIpc) is 3.03. The fraction of sp³-hybridized carbons (Fsp3) is 0.500. The van der Waals surface area contributed by atoms with Gasteiger partial charge in [0, 0.05) is 12.0 Å². The van der Waals surface area contributed by atoms with Crippen molar-refractivity contribution in [3.05, 3.63) is 30.2 Å². The van der Waals surface area contributed by atoms with E-state index in [1.807, 2.05) is 24.3 Å². The molecule has 0 bridgehead atoms. The molecule has 6 heteroatoms. The zero-order valence-corrected chi connectivity index (χ0v) is 13.6. The molecule has 0 radical (unpaired) electrons. The predicted molar refractivity (Wildman–Crippen MR) is 87.4 cm³/mol. The van der Waals surface area contributed by atoms with E-state index in [0.717, 1.165) is 49.1 Å². The molecule has 1 N–H and O–H groups in total. The monoisotopic (exact) mass is 323 g/mol. The summed E-state index contributed by atoms with van der Waals surface area (Å²) >= 11 is 0. The van der Waals surface area contributed by atoms with E-state index in [0.29, 0.717) is 5.82 Å². The van der Waals surface area contributed by atoms with Gasteiger partial charge in [0.15, 0.2) is 0 Å². The largest absolute Gasteiger partial charge is 0.497 e. The second kappa shape index (κ2) is 8.15. The number of benzene rings is 1. The van der Waals surface area contributed by atoms with Crippen LogP contribution < -0.4 is 10.1 Å². The van der Waals surface area contributed by atoms with Crippen LogP contribution in [0.3, 0.4) is 0 Å². The molecule has 1 fully saturated rings. The van der Waals surface area contributed by atoms with Crippen molar-refractivity contribution >= 4 is 12.4 Å². The fourth-order valence-corrected chi connectivity index (χ4v) is 2.71. The molecule has 1 saturated heterocycles. The van der Waals surface area contributed by atoms with E-state index in [1.54, 1.807) is 7.11 Å². The van der Waals surface area contributed by atoms with Crippen molar-refractivity contribution in [2.75, 3.05) is 20.2 Å². The van der Waals surface area contributed by atoms with Crippen LogP contribution in [-0.2, 0) is 6.42 Å². The third-order valence-electron chi connectivity index (χ3n) is 4.04. The minimum absolute atomic E-state index is 0. The smallest absolute Gasteiger partial charge is 0.226 e. The van der Waals surface area contributed by atoms with Crippen LogP contribution in [0.4, 0.5) is 0 Å². The van der Waals surface area contributed by atoms with Crippen molar-refractivity contribution in [2.24, 2.45) is 5.92 Å². The first-order chi connectivity index (χ1) is 10.3. The van der Waals surface area contributed by atoms with Crippen LogP contribution in [0.25, 0.3) is 11.4 Å². The minimum atomic E-state index is 0. The van der Waals surface area contributed by atoms with Gasteiger partial charge in [0.2, 0.25) is 11.7 Å². The lowest BCUT2D eigenvalue weighted by molar-refractivity contribution is 0.324. The number of piperidine rings is 1. The third-order valence-corrected chi connectivity index (χ3v) is 4.04. The Hall–Kier alpha value is -1.59. The maximum atomic E-state index is 5.36. The molecule has 2 heterocycles. The third kappa shape index (κ3) is 4.21. The second-order valence-corrected chi connectivity index (χ2v) is 5.47. The predicted octanol–water partition coefficient (Wildman–Crippen LogP) is 3.10. The van der Waals surface area contributed by atoms with Gasteiger partial charge in [-0.3, -0.25) is 0 Å². The lowest BCUT2D eigenvalue weighted by Crippen LogP contribution is -2.27. The normalized spacial score (nSPS) is 15.3. The zero-order valence-electron chi connectivity index (χ0n) is 12.7. The molecule has 120 valence electrons. The molecule has 0 unspecified atom stereocenters. The summed E-state index contributed by atoms with van der Waals surface area (Å²) in [6.07, 6.45) is 4.50. The highest BCUT2D eigenvalue weighted by atomic mass is 35.5. The van der Waals surface area contributed by atoms with Gasteiger partial charge in [-0.25, -0.2) is 0 Å². The van der Waals surface area contributed by atoms with E-state index in [1.165, 1.54) is 12.8 Å². The molecule has 0 saturated carbocycles. The van der Waals surface area contributed by atoms with Gasteiger partial charge in [0.25, 0.3) is 0 Å². The number of methoxy groups -OCH3 is 1. The summed E-state index contributed by atoms with van der Waals surface area (Å²) in [4.78, 5) is 4.49. The van der Waals surface area contributed by atoms with Crippen molar-refractivity contribution in [2.45, 2.75) is 25.7 Å². The standard InChI is InChI=1S/C16H21N3O2.ClH/c1-20-14-5-3-13(4-6-14)16-18-15(21-19-16)7-2-12-8-10-17-11-9-12;/h3-6,12,17H,2,7-11H2,1H3;1H. The van der Waals surface area contributed by atoms with Gasteiger partial charge in [0.05, 0.1) is 7.11 Å². The summed E-state index contributed by atoms with van der Waals surface area (Å²) in [7, 11) is 1.66. The van der Waals surface area contributed by atoms with Crippen LogP contribution in [-0.4, -0.2) is 30.3 Å². The molecule has 1 aromatic heterocycles. The summed E-state index contributed by atoms with van der Waals surface area (Å²) in [5, 5.41) is 7.45. The van der Waals surface area contributed by atoms with E-state index in [9.17, 15) is 0 Å². The first-order valence-electron chi connectivity index (χ1n) is 7.53. The van der Waals surface area contributed by atoms with Gasteiger partial charge in [0.1, 0.15) is 5.75 Å². The molecule has 0 atom stereocenters. The molecular weight excluding hydrogens is 302 g/mol. The molecule has 0 spiro atoms. The number of rotatable bonds is 5. The molecule has 1 aromatic carbocycles. The molecule has 1 aliphatic heterocycles. The molecular formula is C16H22ClN3O2. The van der Waals surface area contributed by atoms with Crippen LogP contribution in [0.1, 0.15) is 25.2 Å². The van der Waals surface area contributed by atoms with Crippen LogP contribution in [0, 0.1) is 5.92 Å².